The molecule has 1 N–H and O–H groups in total. The zero-order valence-corrected chi connectivity index (χ0v) is 11.4. The van der Waals surface area contributed by atoms with Gasteiger partial charge in [-0.1, -0.05) is 19.9 Å². The first-order chi connectivity index (χ1) is 9.15. The molecule has 0 atom stereocenters. The van der Waals surface area contributed by atoms with Crippen molar-refractivity contribution in [2.75, 3.05) is 0 Å². The Hall–Kier alpha value is -1.74. The summed E-state index contributed by atoms with van der Waals surface area (Å²) in [6.45, 7) is 4.86. The maximum atomic E-state index is 13.4. The van der Waals surface area contributed by atoms with Gasteiger partial charge in [-0.15, -0.1) is 0 Å². The van der Waals surface area contributed by atoms with Crippen LogP contribution in [0.1, 0.15) is 30.5 Å². The summed E-state index contributed by atoms with van der Waals surface area (Å²) in [4.78, 5) is 4.01. The predicted molar refractivity (Wildman–Crippen MR) is 75.4 cm³/mol. The molecule has 19 heavy (non-hydrogen) atoms. The number of nitrogens with zero attached hydrogens (tertiary/aromatic N) is 1. The average Bonchev–Trinajstić information content (AvgIpc) is 2.40. The fourth-order valence-corrected chi connectivity index (χ4v) is 1.97. The van der Waals surface area contributed by atoms with Gasteiger partial charge in [0.15, 0.2) is 0 Å². The molecule has 1 heterocycles. The largest absolute Gasteiger partial charge is 0.310 e. The zero-order chi connectivity index (χ0) is 13.7. The summed E-state index contributed by atoms with van der Waals surface area (Å²) >= 11 is 0. The normalized spacial score (nSPS) is 10.9. The number of benzene rings is 1. The van der Waals surface area contributed by atoms with Gasteiger partial charge in [-0.2, -0.15) is 0 Å². The van der Waals surface area contributed by atoms with Gasteiger partial charge >= 0.3 is 0 Å². The molecule has 0 fully saturated rings. The lowest BCUT2D eigenvalue weighted by atomic mass is 10.00. The molecule has 1 aromatic carbocycles. The fourth-order valence-electron chi connectivity index (χ4n) is 1.97. The van der Waals surface area contributed by atoms with Gasteiger partial charge in [-0.25, -0.2) is 4.39 Å². The Balaban J connectivity index is 2.19. The molecule has 0 aliphatic heterocycles. The second-order valence-electron chi connectivity index (χ2n) is 4.98. The van der Waals surface area contributed by atoms with E-state index in [4.69, 9.17) is 0 Å². The standard InChI is InChI=1S/C16H19FN2/c1-12(2)19-11-15-10-16(17)4-3-14(15)9-13-5-7-18-8-6-13/h3-8,10,12,19H,9,11H2,1-2H3. The van der Waals surface area contributed by atoms with E-state index in [1.54, 1.807) is 18.5 Å². The van der Waals surface area contributed by atoms with E-state index in [1.165, 1.54) is 11.6 Å². The van der Waals surface area contributed by atoms with Crippen LogP contribution in [0.15, 0.2) is 42.7 Å². The fraction of sp³-hybridized carbons (Fsp3) is 0.312. The number of rotatable bonds is 5. The Labute approximate surface area is 113 Å². The van der Waals surface area contributed by atoms with Crippen LogP contribution in [-0.4, -0.2) is 11.0 Å². The van der Waals surface area contributed by atoms with Crippen LogP contribution in [0.2, 0.25) is 0 Å². The van der Waals surface area contributed by atoms with Crippen LogP contribution in [-0.2, 0) is 13.0 Å². The van der Waals surface area contributed by atoms with Crippen molar-refractivity contribution in [1.29, 1.82) is 0 Å². The summed E-state index contributed by atoms with van der Waals surface area (Å²) in [5.74, 6) is -0.181. The number of pyridine rings is 1. The van der Waals surface area contributed by atoms with Gasteiger partial charge in [0.05, 0.1) is 0 Å². The Morgan fingerprint density at radius 2 is 1.84 bits per heavy atom. The molecule has 2 nitrogen and oxygen atoms in total. The van der Waals surface area contributed by atoms with Gasteiger partial charge in [0.1, 0.15) is 5.82 Å². The number of halogens is 1. The van der Waals surface area contributed by atoms with Crippen molar-refractivity contribution in [3.63, 3.8) is 0 Å². The summed E-state index contributed by atoms with van der Waals surface area (Å²) in [5.41, 5.74) is 3.36. The van der Waals surface area contributed by atoms with Crippen LogP contribution in [0.5, 0.6) is 0 Å². The third-order valence-electron chi connectivity index (χ3n) is 3.01. The van der Waals surface area contributed by atoms with Gasteiger partial charge in [0, 0.05) is 25.0 Å². The molecule has 0 radical (unpaired) electrons. The molecule has 100 valence electrons. The minimum absolute atomic E-state index is 0.181. The van der Waals surface area contributed by atoms with Crippen LogP contribution in [0, 0.1) is 5.82 Å². The Kier molecular flexibility index (Phi) is 4.63. The van der Waals surface area contributed by atoms with Crippen molar-refractivity contribution in [2.24, 2.45) is 0 Å². The van der Waals surface area contributed by atoms with Crippen molar-refractivity contribution in [3.8, 4) is 0 Å². The van der Waals surface area contributed by atoms with Crippen molar-refractivity contribution >= 4 is 0 Å². The number of hydrogen-bond donors (Lipinski definition) is 1. The highest BCUT2D eigenvalue weighted by molar-refractivity contribution is 5.32. The van der Waals surface area contributed by atoms with Crippen LogP contribution in [0.4, 0.5) is 4.39 Å². The summed E-state index contributed by atoms with van der Waals surface area (Å²) in [6.07, 6.45) is 4.37. The third kappa shape index (κ3) is 4.14. The number of nitrogens with one attached hydrogen (secondary N) is 1. The van der Waals surface area contributed by atoms with Gasteiger partial charge in [0.25, 0.3) is 0 Å². The van der Waals surface area contributed by atoms with Crippen molar-refractivity contribution in [3.05, 3.63) is 65.2 Å². The molecule has 0 unspecified atom stereocenters. The van der Waals surface area contributed by atoms with Gasteiger partial charge in [-0.3, -0.25) is 4.98 Å². The lowest BCUT2D eigenvalue weighted by Crippen LogP contribution is -2.22. The Bertz CT molecular complexity index is 524. The van der Waals surface area contributed by atoms with Crippen LogP contribution < -0.4 is 5.32 Å². The highest BCUT2D eigenvalue weighted by Crippen LogP contribution is 2.16. The molecule has 0 bridgehead atoms. The molecule has 2 rings (SSSR count). The first-order valence-corrected chi connectivity index (χ1v) is 6.55. The molecule has 3 heteroatoms. The van der Waals surface area contributed by atoms with E-state index in [0.29, 0.717) is 12.6 Å². The lowest BCUT2D eigenvalue weighted by molar-refractivity contribution is 0.579. The van der Waals surface area contributed by atoms with E-state index < -0.39 is 0 Å². The first kappa shape index (κ1) is 13.7. The zero-order valence-electron chi connectivity index (χ0n) is 11.4. The minimum atomic E-state index is -0.181. The van der Waals surface area contributed by atoms with E-state index in [1.807, 2.05) is 18.2 Å². The summed E-state index contributed by atoms with van der Waals surface area (Å²) < 4.78 is 13.4. The van der Waals surface area contributed by atoms with Gasteiger partial charge < -0.3 is 5.32 Å². The molecule has 0 amide bonds. The Morgan fingerprint density at radius 1 is 1.11 bits per heavy atom. The predicted octanol–water partition coefficient (Wildman–Crippen LogP) is 3.31. The van der Waals surface area contributed by atoms with Crippen molar-refractivity contribution in [2.45, 2.75) is 32.9 Å². The van der Waals surface area contributed by atoms with Crippen molar-refractivity contribution < 1.29 is 4.39 Å². The topological polar surface area (TPSA) is 24.9 Å². The van der Waals surface area contributed by atoms with E-state index in [2.05, 4.69) is 24.1 Å². The maximum absolute atomic E-state index is 13.4. The second-order valence-corrected chi connectivity index (χ2v) is 4.98. The average molecular weight is 258 g/mol. The summed E-state index contributed by atoms with van der Waals surface area (Å²) in [5, 5.41) is 3.34. The first-order valence-electron chi connectivity index (χ1n) is 6.55. The maximum Gasteiger partial charge on any atom is 0.123 e. The molecular weight excluding hydrogens is 239 g/mol. The van der Waals surface area contributed by atoms with Crippen LogP contribution in [0.25, 0.3) is 0 Å². The molecular formula is C16H19FN2. The SMILES string of the molecule is CC(C)NCc1cc(F)ccc1Cc1ccncc1. The molecule has 1 aromatic heterocycles. The highest BCUT2D eigenvalue weighted by Gasteiger charge is 2.06. The Morgan fingerprint density at radius 3 is 2.53 bits per heavy atom. The monoisotopic (exact) mass is 258 g/mol. The van der Waals surface area contributed by atoms with E-state index in [0.717, 1.165) is 17.5 Å². The molecule has 0 aliphatic rings. The van der Waals surface area contributed by atoms with Crippen LogP contribution >= 0.6 is 0 Å². The highest BCUT2D eigenvalue weighted by atomic mass is 19.1. The molecule has 0 saturated heterocycles. The quantitative estimate of drug-likeness (QED) is 0.890. The number of aromatic nitrogens is 1. The number of hydrogen-bond acceptors (Lipinski definition) is 2. The molecule has 0 spiro atoms. The minimum Gasteiger partial charge on any atom is -0.310 e. The van der Waals surface area contributed by atoms with E-state index in [9.17, 15) is 4.39 Å². The second kappa shape index (κ2) is 6.43. The van der Waals surface area contributed by atoms with E-state index >= 15 is 0 Å². The molecule has 0 saturated carbocycles. The van der Waals surface area contributed by atoms with E-state index in [-0.39, 0.29) is 5.82 Å². The lowest BCUT2D eigenvalue weighted by Gasteiger charge is -2.13. The van der Waals surface area contributed by atoms with Gasteiger partial charge in [-0.05, 0) is 47.4 Å². The molecule has 2 aromatic rings. The summed E-state index contributed by atoms with van der Waals surface area (Å²) in [7, 11) is 0. The van der Waals surface area contributed by atoms with Crippen LogP contribution in [0.3, 0.4) is 0 Å². The smallest absolute Gasteiger partial charge is 0.123 e. The molecule has 0 aliphatic carbocycles. The summed E-state index contributed by atoms with van der Waals surface area (Å²) in [6, 6.07) is 9.37. The van der Waals surface area contributed by atoms with Crippen molar-refractivity contribution in [1.82, 2.24) is 10.3 Å². The third-order valence-corrected chi connectivity index (χ3v) is 3.01. The van der Waals surface area contributed by atoms with Gasteiger partial charge in [0.2, 0.25) is 0 Å².